The van der Waals surface area contributed by atoms with Crippen LogP contribution >= 0.6 is 0 Å². The number of aryl methyl sites for hydroxylation is 2. The fraction of sp³-hybridized carbons (Fsp3) is 0.681. The minimum Gasteiger partial charge on any atom is -0.540 e. The Labute approximate surface area is 559 Å². The van der Waals surface area contributed by atoms with E-state index in [1.165, 1.54) is 22.6 Å². The first-order valence-corrected chi connectivity index (χ1v) is 33.2. The van der Waals surface area contributed by atoms with Crippen molar-refractivity contribution < 1.29 is 94.3 Å². The molecule has 4 saturated carbocycles. The smallest absolute Gasteiger partial charge is 0.408 e. The van der Waals surface area contributed by atoms with Crippen LogP contribution in [0.2, 0.25) is 0 Å². The van der Waals surface area contributed by atoms with Crippen molar-refractivity contribution in [2.75, 3.05) is 26.3 Å². The van der Waals surface area contributed by atoms with E-state index >= 15 is 0 Å². The number of fused-ring (bicyclic) bond motifs is 14. The number of ether oxygens (including phenoxy) is 6. The second kappa shape index (κ2) is 29.3. The molecule has 6 fully saturated rings. The number of hydrogen-bond donors (Lipinski definition) is 2. The summed E-state index contributed by atoms with van der Waals surface area (Å²) in [5, 5.41) is 5.80. The first-order valence-electron chi connectivity index (χ1n) is 33.2. The Morgan fingerprint density at radius 2 is 0.978 bits per heavy atom. The van der Waals surface area contributed by atoms with Gasteiger partial charge in [-0.1, -0.05) is 99.6 Å². The van der Waals surface area contributed by atoms with Crippen molar-refractivity contribution in [3.8, 4) is 23.3 Å². The number of nitrogens with one attached hydrogen (secondary N) is 2. The molecule has 2 N–H and O–H groups in total. The molecule has 4 aromatic rings. The molecule has 4 bridgehead atoms. The van der Waals surface area contributed by atoms with Crippen LogP contribution in [0.3, 0.4) is 0 Å². The minimum absolute atomic E-state index is 0. The zero-order chi connectivity index (χ0) is 63.1. The second-order valence-corrected chi connectivity index (χ2v) is 28.6. The van der Waals surface area contributed by atoms with Gasteiger partial charge in [0.15, 0.2) is 0 Å². The zero-order valence-electron chi connectivity index (χ0n) is 54.6. The van der Waals surface area contributed by atoms with Gasteiger partial charge in [0.05, 0.1) is 48.4 Å². The van der Waals surface area contributed by atoms with E-state index in [0.29, 0.717) is 102 Å². The van der Waals surface area contributed by atoms with Gasteiger partial charge < -0.3 is 58.4 Å². The summed E-state index contributed by atoms with van der Waals surface area (Å²) in [5.41, 5.74) is 3.17. The normalized spacial score (nSPS) is 31.8. The van der Waals surface area contributed by atoms with E-state index < -0.39 is 59.4 Å². The average Bonchev–Trinajstić information content (AvgIpc) is 1.63. The van der Waals surface area contributed by atoms with Gasteiger partial charge in [0, 0.05) is 49.2 Å². The number of hydrogen-bond acceptors (Lipinski definition) is 16. The molecule has 8 aliphatic rings. The number of carbonyl (C=O) groups is 4. The SMILES string of the molecule is CCOc1ccc2nc3c(nc2c1)O[C@H]1CN(C(=O)[C@H](C(C)(C)C)NC(=O)O[C@@H]2CC4CC4[C@H]2CCCCC3)[C@H]([C-]=O)[C@@H]1C.CCOc1ccc2nc3c(nc2c1)O[C@H]1CN(C(=O)[C@H](C(C)(C)C)NC(=O)O[C@@H]2CC4CC4[C@H]2CCCCC3)[C@H]([C-]=O)[C@@H]1CC.[V].[V]. The van der Waals surface area contributed by atoms with Crippen molar-refractivity contribution in [3.63, 3.8) is 0 Å². The molecule has 2 aromatic carbocycles. The molecule has 4 amide bonds. The van der Waals surface area contributed by atoms with Gasteiger partial charge in [-0.3, -0.25) is 9.59 Å². The summed E-state index contributed by atoms with van der Waals surface area (Å²) in [7, 11) is 0. The molecule has 6 heterocycles. The minimum atomic E-state index is -0.891. The number of aromatic nitrogens is 4. The van der Waals surface area contributed by atoms with Gasteiger partial charge in [0.1, 0.15) is 59.4 Å². The van der Waals surface area contributed by atoms with Crippen LogP contribution in [-0.2, 0) is 78.6 Å². The topological polar surface area (TPSA) is 240 Å². The van der Waals surface area contributed by atoms with Crippen LogP contribution in [0.15, 0.2) is 36.4 Å². The fourth-order valence-electron chi connectivity index (χ4n) is 15.4. The van der Waals surface area contributed by atoms with E-state index in [1.54, 1.807) is 0 Å². The van der Waals surface area contributed by atoms with E-state index in [1.807, 2.05) is 106 Å². The molecule has 91 heavy (non-hydrogen) atoms. The Balaban J connectivity index is 0.000000211. The molecular formula is C69H92N8O12V2-2. The van der Waals surface area contributed by atoms with E-state index in [2.05, 4.69) is 23.2 Å². The van der Waals surface area contributed by atoms with E-state index in [9.17, 15) is 28.8 Å². The number of carbonyl (C=O) groups excluding carboxylic acids is 6. The van der Waals surface area contributed by atoms with Crippen LogP contribution in [0.5, 0.6) is 23.3 Å². The number of benzene rings is 2. The summed E-state index contributed by atoms with van der Waals surface area (Å²) in [6, 6.07) is 7.95. The maximum Gasteiger partial charge on any atom is 0.408 e. The van der Waals surface area contributed by atoms with Crippen LogP contribution in [0, 0.1) is 58.2 Å². The second-order valence-electron chi connectivity index (χ2n) is 28.6. The van der Waals surface area contributed by atoms with Crippen LogP contribution in [-0.4, -0.2) is 141 Å². The summed E-state index contributed by atoms with van der Waals surface area (Å²) < 4.78 is 36.6. The number of alkyl carbamates (subject to hydrolysis) is 2. The van der Waals surface area contributed by atoms with E-state index in [-0.39, 0.29) is 86.1 Å². The number of rotatable bonds is 7. The quantitative estimate of drug-likeness (QED) is 0.164. The molecule has 16 atom stereocenters. The Kier molecular flexibility index (Phi) is 22.4. The molecule has 12 rings (SSSR count). The van der Waals surface area contributed by atoms with Crippen molar-refractivity contribution in [1.82, 2.24) is 40.4 Å². The number of nitrogens with zero attached hydrogens (tertiary/aromatic N) is 6. The third-order valence-electron chi connectivity index (χ3n) is 20.4. The third kappa shape index (κ3) is 15.4. The molecule has 4 unspecified atom stereocenters. The van der Waals surface area contributed by atoms with Crippen molar-refractivity contribution in [2.45, 2.75) is 214 Å². The largest absolute Gasteiger partial charge is 0.540 e. The standard InChI is InChI=1S/C35H47N4O6.C34H45N4O6.2V/c1-6-22-28(19-40)39-18-30(22)44-32-26(36-25-14-13-21(43-7-2)17-27(25)37-32)12-10-8-9-11-23-24-15-20(24)16-29(23)45-34(42)38-31(33(39)41)35(3,4)5;1-6-42-21-12-13-24-26(16-21)36-31-25(35-24)11-9-7-8-10-22-23-14-20(23)15-28(22)44-33(41)37-30(34(3,4)5)32(40)38-17-29(43-31)19(2)27(38)18-39;;/h13-14,17,20,22-24,28-31H,6-12,15-16,18H2,1-5H3,(H,38,42);12-13,16,19-20,22-23,27-30H,6-11,14-15,17H2,1-5H3,(H,37,41);;/q2*-1;;/t20?,22-,23+,24?,28+,29+,30-,31+;19-,20?,22+,23?,27+,28+,29-,30+;;/m00../s1. The summed E-state index contributed by atoms with van der Waals surface area (Å²) in [4.78, 5) is 102. The van der Waals surface area contributed by atoms with Gasteiger partial charge in [0.25, 0.3) is 0 Å². The number of amides is 4. The van der Waals surface area contributed by atoms with Gasteiger partial charge in [-0.2, -0.15) is 0 Å². The predicted octanol–water partition coefficient (Wildman–Crippen LogP) is 10.4. The molecule has 0 spiro atoms. The van der Waals surface area contributed by atoms with Crippen LogP contribution in [0.25, 0.3) is 22.1 Å². The maximum absolute atomic E-state index is 14.2. The van der Waals surface area contributed by atoms with Crippen molar-refractivity contribution >= 4 is 58.6 Å². The molecule has 2 radical (unpaired) electrons. The van der Waals surface area contributed by atoms with Gasteiger partial charge in [-0.15, -0.1) is 0 Å². The maximum atomic E-state index is 14.2. The van der Waals surface area contributed by atoms with Gasteiger partial charge in [0.2, 0.25) is 23.6 Å². The van der Waals surface area contributed by atoms with Crippen molar-refractivity contribution in [3.05, 3.63) is 47.8 Å². The summed E-state index contributed by atoms with van der Waals surface area (Å²) in [6.45, 7) is 20.6. The van der Waals surface area contributed by atoms with E-state index in [0.717, 1.165) is 86.6 Å². The van der Waals surface area contributed by atoms with Crippen molar-refractivity contribution in [2.24, 2.45) is 58.2 Å². The molecule has 4 aliphatic carbocycles. The van der Waals surface area contributed by atoms with Gasteiger partial charge in [-0.25, -0.2) is 42.1 Å². The summed E-state index contributed by atoms with van der Waals surface area (Å²) in [5.74, 6) is 4.15. The monoisotopic (exact) mass is 1330 g/mol. The van der Waals surface area contributed by atoms with Gasteiger partial charge in [-0.05, 0) is 160 Å². The van der Waals surface area contributed by atoms with E-state index in [4.69, 9.17) is 48.4 Å². The summed E-state index contributed by atoms with van der Waals surface area (Å²) in [6.07, 6.45) is 16.0. The zero-order valence-corrected chi connectivity index (χ0v) is 57.4. The van der Waals surface area contributed by atoms with Crippen molar-refractivity contribution in [1.29, 1.82) is 0 Å². The molecule has 492 valence electrons. The summed E-state index contributed by atoms with van der Waals surface area (Å²) >= 11 is 0. The van der Waals surface area contributed by atoms with Crippen LogP contribution in [0.1, 0.15) is 164 Å². The fourth-order valence-corrected chi connectivity index (χ4v) is 15.4. The molecule has 2 aromatic heterocycles. The predicted molar refractivity (Wildman–Crippen MR) is 333 cm³/mol. The first-order chi connectivity index (χ1) is 42.7. The van der Waals surface area contributed by atoms with Crippen LogP contribution < -0.4 is 29.6 Å². The average molecular weight is 1330 g/mol. The Bertz CT molecular complexity index is 3270. The Morgan fingerprint density at radius 3 is 1.41 bits per heavy atom. The molecule has 20 nitrogen and oxygen atoms in total. The molecule has 22 heteroatoms. The van der Waals surface area contributed by atoms with Crippen LogP contribution in [0.4, 0.5) is 9.59 Å². The Morgan fingerprint density at radius 1 is 0.538 bits per heavy atom. The first kappa shape index (κ1) is 69.6. The van der Waals surface area contributed by atoms with Gasteiger partial charge >= 0.3 is 12.2 Å². The molecular weight excluding hydrogens is 1230 g/mol. The molecule has 4 aliphatic heterocycles. The molecule has 2 saturated heterocycles. The third-order valence-corrected chi connectivity index (χ3v) is 20.4. The Hall–Kier alpha value is -5.69.